The summed E-state index contributed by atoms with van der Waals surface area (Å²) in [4.78, 5) is 10.0. The molecule has 1 aromatic heterocycles. The van der Waals surface area contributed by atoms with E-state index in [4.69, 9.17) is 4.98 Å². The summed E-state index contributed by atoms with van der Waals surface area (Å²) in [6.45, 7) is 11.3. The lowest BCUT2D eigenvalue weighted by atomic mass is 9.59. The fourth-order valence-corrected chi connectivity index (χ4v) is 5.85. The molecule has 0 unspecified atom stereocenters. The van der Waals surface area contributed by atoms with E-state index in [0.29, 0.717) is 0 Å². The van der Waals surface area contributed by atoms with Crippen LogP contribution in [0.1, 0.15) is 48.6 Å². The topological polar surface area (TPSA) is 19.4 Å². The highest BCUT2D eigenvalue weighted by Gasteiger charge is 2.47. The second-order valence-corrected chi connectivity index (χ2v) is 11.0. The minimum Gasteiger partial charge on any atom is -0.360 e. The molecule has 3 nitrogen and oxygen atoms in total. The van der Waals surface area contributed by atoms with E-state index < -0.39 is 0 Å². The van der Waals surface area contributed by atoms with Gasteiger partial charge in [0.05, 0.1) is 11.4 Å². The Kier molecular flexibility index (Phi) is 5.03. The van der Waals surface area contributed by atoms with Crippen LogP contribution < -0.4 is 15.1 Å². The molecular weight excluding hydrogens is 425 g/mol. The zero-order valence-electron chi connectivity index (χ0n) is 21.3. The van der Waals surface area contributed by atoms with Crippen LogP contribution in [-0.2, 0) is 18.3 Å². The molecule has 0 bridgehead atoms. The summed E-state index contributed by atoms with van der Waals surface area (Å²) in [5.41, 5.74) is 12.0. The number of anilines is 4. The number of aryl methyl sites for hydroxylation is 4. The highest BCUT2D eigenvalue weighted by Crippen LogP contribution is 2.49. The molecule has 0 atom stereocenters. The minimum atomic E-state index is 0.00599. The maximum Gasteiger partial charge on any atom is 0.422 e. The van der Waals surface area contributed by atoms with Crippen LogP contribution in [0.3, 0.4) is 0 Å². The molecule has 35 heavy (non-hydrogen) atoms. The van der Waals surface area contributed by atoms with Crippen LogP contribution in [0, 0.1) is 13.8 Å². The lowest BCUT2D eigenvalue weighted by Crippen LogP contribution is -2.56. The fraction of sp³-hybridized carbons (Fsp3) is 0.258. The number of nitrogens with zero attached hydrogens (tertiary/aromatic N) is 3. The van der Waals surface area contributed by atoms with Gasteiger partial charge in [0.15, 0.2) is 0 Å². The Hall–Kier alpha value is -3.53. The van der Waals surface area contributed by atoms with Crippen LogP contribution >= 0.6 is 0 Å². The Balaban J connectivity index is 1.69. The van der Waals surface area contributed by atoms with Gasteiger partial charge in [0.1, 0.15) is 5.82 Å². The van der Waals surface area contributed by atoms with E-state index in [0.717, 1.165) is 18.7 Å². The maximum absolute atomic E-state index is 4.98. The van der Waals surface area contributed by atoms with Crippen molar-refractivity contribution >= 4 is 35.3 Å². The lowest BCUT2D eigenvalue weighted by molar-refractivity contribution is 0.589. The van der Waals surface area contributed by atoms with E-state index in [1.165, 1.54) is 50.3 Å². The second-order valence-electron chi connectivity index (χ2n) is 11.0. The van der Waals surface area contributed by atoms with Crippen LogP contribution in [0.25, 0.3) is 0 Å². The molecule has 2 aliphatic heterocycles. The van der Waals surface area contributed by atoms with E-state index >= 15 is 0 Å². The Morgan fingerprint density at radius 1 is 0.743 bits per heavy atom. The lowest BCUT2D eigenvalue weighted by Gasteiger charge is -2.35. The summed E-state index contributed by atoms with van der Waals surface area (Å²) < 4.78 is 0. The minimum absolute atomic E-state index is 0.00599. The first-order chi connectivity index (χ1) is 16.8. The second kappa shape index (κ2) is 8.01. The third-order valence-corrected chi connectivity index (χ3v) is 7.65. The summed E-state index contributed by atoms with van der Waals surface area (Å²) in [5.74, 6) is 1.01. The average Bonchev–Trinajstić information content (AvgIpc) is 3.16. The monoisotopic (exact) mass is 457 g/mol. The van der Waals surface area contributed by atoms with Gasteiger partial charge in [0.25, 0.3) is 0 Å². The number of hydrogen-bond donors (Lipinski definition) is 0. The van der Waals surface area contributed by atoms with Crippen LogP contribution in [0.2, 0.25) is 0 Å². The summed E-state index contributed by atoms with van der Waals surface area (Å²) in [6.07, 6.45) is 4.05. The highest BCUT2D eigenvalue weighted by molar-refractivity contribution is 6.85. The number of fused-ring (bicyclic) bond motifs is 7. The zero-order valence-corrected chi connectivity index (χ0v) is 21.3. The molecule has 4 aromatic rings. The quantitative estimate of drug-likeness (QED) is 0.294. The van der Waals surface area contributed by atoms with Crippen molar-refractivity contribution in [1.29, 1.82) is 0 Å². The third kappa shape index (κ3) is 3.46. The zero-order chi connectivity index (χ0) is 24.3. The smallest absolute Gasteiger partial charge is 0.360 e. The Morgan fingerprint density at radius 3 is 2.26 bits per heavy atom. The molecule has 0 spiro atoms. The van der Waals surface area contributed by atoms with Gasteiger partial charge in [-0.15, -0.1) is 0 Å². The predicted molar refractivity (Wildman–Crippen MR) is 149 cm³/mol. The average molecular weight is 457 g/mol. The number of para-hydroxylation sites is 2. The Bertz CT molecular complexity index is 1440. The van der Waals surface area contributed by atoms with Crippen LogP contribution in [0.15, 0.2) is 79.0 Å². The molecule has 174 valence electrons. The first kappa shape index (κ1) is 22.0. The molecule has 0 amide bonds. The van der Waals surface area contributed by atoms with Gasteiger partial charge in [-0.1, -0.05) is 74.9 Å². The van der Waals surface area contributed by atoms with Crippen molar-refractivity contribution in [3.8, 4) is 0 Å². The van der Waals surface area contributed by atoms with E-state index in [9.17, 15) is 0 Å². The molecule has 4 heteroatoms. The Labute approximate surface area is 209 Å². The molecule has 0 fully saturated rings. The molecule has 0 aliphatic carbocycles. The van der Waals surface area contributed by atoms with Crippen molar-refractivity contribution in [3.63, 3.8) is 0 Å². The summed E-state index contributed by atoms with van der Waals surface area (Å²) in [5, 5.41) is 0. The molecule has 0 saturated heterocycles. The number of benzene rings is 3. The third-order valence-electron chi connectivity index (χ3n) is 7.65. The van der Waals surface area contributed by atoms with E-state index in [1.807, 2.05) is 6.20 Å². The molecule has 2 aliphatic rings. The summed E-state index contributed by atoms with van der Waals surface area (Å²) in [6, 6.07) is 26.9. The first-order valence-electron chi connectivity index (χ1n) is 12.7. The highest BCUT2D eigenvalue weighted by atomic mass is 15.3. The SMILES string of the molecule is Cc1cccc2c1B1N(c3ccccc3CC2)c2cccc(C)c2N1c1cc(C(C)(C)C)ccn1. The molecule has 3 aromatic carbocycles. The van der Waals surface area contributed by atoms with Gasteiger partial charge in [0, 0.05) is 11.9 Å². The number of rotatable bonds is 1. The standard InChI is InChI=1S/C31H32BN3/c1-21-10-8-13-24-17-16-23-12-6-7-14-26(23)34-27-15-9-11-22(2)30(27)35(32(34)29(21)24)28-20-25(18-19-33-28)31(3,4)5/h6-15,18-20H,16-17H2,1-5H3. The van der Waals surface area contributed by atoms with Gasteiger partial charge in [-0.2, -0.15) is 0 Å². The molecule has 0 saturated carbocycles. The van der Waals surface area contributed by atoms with Crippen LogP contribution in [0.4, 0.5) is 22.9 Å². The predicted octanol–water partition coefficient (Wildman–Crippen LogP) is 6.78. The number of aromatic nitrogens is 1. The van der Waals surface area contributed by atoms with Crippen molar-refractivity contribution in [2.45, 2.75) is 52.9 Å². The summed E-state index contributed by atoms with van der Waals surface area (Å²) >= 11 is 0. The number of pyridine rings is 1. The van der Waals surface area contributed by atoms with Gasteiger partial charge < -0.3 is 9.62 Å². The molecule has 3 heterocycles. The van der Waals surface area contributed by atoms with Crippen LogP contribution in [0.5, 0.6) is 0 Å². The van der Waals surface area contributed by atoms with Gasteiger partial charge in [0.2, 0.25) is 0 Å². The van der Waals surface area contributed by atoms with Crippen molar-refractivity contribution in [1.82, 2.24) is 4.98 Å². The fourth-order valence-electron chi connectivity index (χ4n) is 5.85. The van der Waals surface area contributed by atoms with Crippen molar-refractivity contribution < 1.29 is 0 Å². The van der Waals surface area contributed by atoms with E-state index in [-0.39, 0.29) is 12.4 Å². The largest absolute Gasteiger partial charge is 0.422 e. The maximum atomic E-state index is 4.98. The normalized spacial score (nSPS) is 14.6. The molecule has 6 rings (SSSR count). The van der Waals surface area contributed by atoms with Crippen molar-refractivity contribution in [3.05, 3.63) is 107 Å². The van der Waals surface area contributed by atoms with Gasteiger partial charge >= 0.3 is 6.98 Å². The van der Waals surface area contributed by atoms with Crippen molar-refractivity contribution in [2.75, 3.05) is 9.62 Å². The van der Waals surface area contributed by atoms with Gasteiger partial charge in [-0.25, -0.2) is 4.98 Å². The van der Waals surface area contributed by atoms with E-state index in [1.54, 1.807) is 0 Å². The molecular formula is C31H32BN3. The van der Waals surface area contributed by atoms with Crippen LogP contribution in [-0.4, -0.2) is 12.0 Å². The van der Waals surface area contributed by atoms with E-state index in [2.05, 4.69) is 117 Å². The van der Waals surface area contributed by atoms with Crippen molar-refractivity contribution in [2.24, 2.45) is 0 Å². The summed E-state index contributed by atoms with van der Waals surface area (Å²) in [7, 11) is 0. The molecule has 0 N–H and O–H groups in total. The van der Waals surface area contributed by atoms with Gasteiger partial charge in [-0.05, 0) is 84.1 Å². The molecule has 0 radical (unpaired) electrons. The Morgan fingerprint density at radius 2 is 1.43 bits per heavy atom. The first-order valence-corrected chi connectivity index (χ1v) is 12.7. The van der Waals surface area contributed by atoms with Gasteiger partial charge in [-0.3, -0.25) is 0 Å². The number of hydrogen-bond acceptors (Lipinski definition) is 3.